The molecule has 0 spiro atoms. The molecule has 0 radical (unpaired) electrons. The normalized spacial score (nSPS) is 16.0. The third-order valence-electron chi connectivity index (χ3n) is 4.34. The van der Waals surface area contributed by atoms with Gasteiger partial charge in [-0.2, -0.15) is 0 Å². The van der Waals surface area contributed by atoms with Crippen LogP contribution < -0.4 is 0 Å². The van der Waals surface area contributed by atoms with Crippen molar-refractivity contribution in [3.63, 3.8) is 0 Å². The second-order valence-corrected chi connectivity index (χ2v) is 6.61. The maximum atomic E-state index is 12.6. The van der Waals surface area contributed by atoms with Gasteiger partial charge in [-0.15, -0.1) is 0 Å². The van der Waals surface area contributed by atoms with Gasteiger partial charge in [0.25, 0.3) is 0 Å². The minimum Gasteiger partial charge on any atom is -0.341 e. The lowest BCUT2D eigenvalue weighted by Gasteiger charge is -2.22. The highest BCUT2D eigenvalue weighted by Gasteiger charge is 2.19. The molecule has 0 N–H and O–H groups in total. The Kier molecular flexibility index (Phi) is 5.83. The maximum Gasteiger partial charge on any atom is 0.227 e. The van der Waals surface area contributed by atoms with Gasteiger partial charge in [-0.25, -0.2) is 0 Å². The highest BCUT2D eigenvalue weighted by atomic mass is 35.5. The molecule has 1 aromatic heterocycles. The number of carbonyl (C=O) groups is 1. The lowest BCUT2D eigenvalue weighted by atomic mass is 10.1. The number of aromatic nitrogens is 1. The molecule has 0 saturated carbocycles. The first kappa shape index (κ1) is 16.9. The van der Waals surface area contributed by atoms with Crippen LogP contribution in [0.25, 0.3) is 0 Å². The number of hydrogen-bond donors (Lipinski definition) is 0. The van der Waals surface area contributed by atoms with Crippen LogP contribution in [-0.2, 0) is 17.8 Å². The van der Waals surface area contributed by atoms with E-state index in [1.165, 1.54) is 5.56 Å². The largest absolute Gasteiger partial charge is 0.341 e. The smallest absolute Gasteiger partial charge is 0.227 e. The van der Waals surface area contributed by atoms with E-state index in [9.17, 15) is 4.79 Å². The first-order valence-corrected chi connectivity index (χ1v) is 8.72. The zero-order valence-corrected chi connectivity index (χ0v) is 14.5. The molecule has 0 aliphatic carbocycles. The average Bonchev–Trinajstić information content (AvgIpc) is 2.81. The third kappa shape index (κ3) is 4.79. The molecule has 126 valence electrons. The molecule has 1 aromatic carbocycles. The van der Waals surface area contributed by atoms with Gasteiger partial charge in [-0.3, -0.25) is 14.7 Å². The predicted molar refractivity (Wildman–Crippen MR) is 95.9 cm³/mol. The fraction of sp³-hybridized carbons (Fsp3) is 0.368. The summed E-state index contributed by atoms with van der Waals surface area (Å²) in [5.74, 6) is 0.183. The van der Waals surface area contributed by atoms with E-state index in [1.54, 1.807) is 0 Å². The number of benzene rings is 1. The summed E-state index contributed by atoms with van der Waals surface area (Å²) in [7, 11) is 0. The number of nitrogens with zero attached hydrogens (tertiary/aromatic N) is 3. The number of halogens is 1. The molecule has 2 aromatic rings. The van der Waals surface area contributed by atoms with Gasteiger partial charge in [0.2, 0.25) is 5.91 Å². The highest BCUT2D eigenvalue weighted by molar-refractivity contribution is 6.30. The van der Waals surface area contributed by atoms with E-state index < -0.39 is 0 Å². The zero-order valence-electron chi connectivity index (χ0n) is 13.7. The van der Waals surface area contributed by atoms with Crippen LogP contribution in [-0.4, -0.2) is 46.9 Å². The number of amides is 1. The summed E-state index contributed by atoms with van der Waals surface area (Å²) >= 11 is 6.00. The van der Waals surface area contributed by atoms with Crippen molar-refractivity contribution in [2.24, 2.45) is 0 Å². The van der Waals surface area contributed by atoms with Crippen LogP contribution in [0, 0.1) is 0 Å². The Morgan fingerprint density at radius 2 is 1.88 bits per heavy atom. The summed E-state index contributed by atoms with van der Waals surface area (Å²) in [6.07, 6.45) is 5.08. The van der Waals surface area contributed by atoms with E-state index in [0.717, 1.165) is 44.7 Å². The monoisotopic (exact) mass is 343 g/mol. The topological polar surface area (TPSA) is 36.4 Å². The molecular formula is C19H22ClN3O. The molecule has 0 unspecified atom stereocenters. The van der Waals surface area contributed by atoms with Crippen LogP contribution >= 0.6 is 11.6 Å². The summed E-state index contributed by atoms with van der Waals surface area (Å²) in [4.78, 5) is 21.0. The quantitative estimate of drug-likeness (QED) is 0.856. The third-order valence-corrected chi connectivity index (χ3v) is 4.58. The Bertz CT molecular complexity index is 677. The Labute approximate surface area is 148 Å². The van der Waals surface area contributed by atoms with Crippen molar-refractivity contribution >= 4 is 17.5 Å². The van der Waals surface area contributed by atoms with Crippen LogP contribution in [0.4, 0.5) is 0 Å². The Balaban J connectivity index is 1.54. The van der Waals surface area contributed by atoms with E-state index in [2.05, 4.69) is 9.88 Å². The standard InChI is InChI=1S/C19H22ClN3O/c20-18-4-1-3-17(13-18)14-19(24)23-10-2-9-22(11-12-23)15-16-5-7-21-8-6-16/h1,3-8,13H,2,9-12,14-15H2. The number of pyridine rings is 1. The minimum atomic E-state index is 0.183. The highest BCUT2D eigenvalue weighted by Crippen LogP contribution is 2.13. The van der Waals surface area contributed by atoms with Crippen molar-refractivity contribution in [3.8, 4) is 0 Å². The molecule has 0 bridgehead atoms. The van der Waals surface area contributed by atoms with Gasteiger partial charge in [0.05, 0.1) is 6.42 Å². The van der Waals surface area contributed by atoms with Gasteiger partial charge >= 0.3 is 0 Å². The predicted octanol–water partition coefficient (Wildman–Crippen LogP) is 3.01. The Morgan fingerprint density at radius 1 is 1.04 bits per heavy atom. The molecular weight excluding hydrogens is 322 g/mol. The van der Waals surface area contributed by atoms with E-state index in [4.69, 9.17) is 11.6 Å². The van der Waals surface area contributed by atoms with Crippen molar-refractivity contribution < 1.29 is 4.79 Å². The molecule has 1 fully saturated rings. The van der Waals surface area contributed by atoms with Crippen LogP contribution in [0.2, 0.25) is 5.02 Å². The van der Waals surface area contributed by atoms with Crippen LogP contribution in [0.1, 0.15) is 17.5 Å². The lowest BCUT2D eigenvalue weighted by Crippen LogP contribution is -2.36. The lowest BCUT2D eigenvalue weighted by molar-refractivity contribution is -0.130. The van der Waals surface area contributed by atoms with Crippen LogP contribution in [0.15, 0.2) is 48.8 Å². The molecule has 2 heterocycles. The summed E-state index contributed by atoms with van der Waals surface area (Å²) in [6.45, 7) is 4.45. The van der Waals surface area contributed by atoms with Crippen molar-refractivity contribution in [1.29, 1.82) is 0 Å². The molecule has 5 heteroatoms. The number of carbonyl (C=O) groups excluding carboxylic acids is 1. The van der Waals surface area contributed by atoms with Crippen LogP contribution in [0.3, 0.4) is 0 Å². The van der Waals surface area contributed by atoms with E-state index >= 15 is 0 Å². The van der Waals surface area contributed by atoms with Gasteiger partial charge in [-0.1, -0.05) is 23.7 Å². The first-order valence-electron chi connectivity index (χ1n) is 8.34. The van der Waals surface area contributed by atoms with E-state index in [-0.39, 0.29) is 5.91 Å². The van der Waals surface area contributed by atoms with Crippen molar-refractivity contribution in [2.45, 2.75) is 19.4 Å². The summed E-state index contributed by atoms with van der Waals surface area (Å²) in [5.41, 5.74) is 2.24. The van der Waals surface area contributed by atoms with E-state index in [1.807, 2.05) is 53.7 Å². The molecule has 1 saturated heterocycles. The number of rotatable bonds is 4. The van der Waals surface area contributed by atoms with Crippen molar-refractivity contribution in [3.05, 3.63) is 64.9 Å². The van der Waals surface area contributed by atoms with Gasteiger partial charge in [0.1, 0.15) is 0 Å². The average molecular weight is 344 g/mol. The molecule has 1 aliphatic heterocycles. The first-order chi connectivity index (χ1) is 11.7. The zero-order chi connectivity index (χ0) is 16.8. The molecule has 24 heavy (non-hydrogen) atoms. The Morgan fingerprint density at radius 3 is 2.67 bits per heavy atom. The molecule has 1 amide bonds. The SMILES string of the molecule is O=C(Cc1cccc(Cl)c1)N1CCCN(Cc2ccncc2)CC1. The van der Waals surface area contributed by atoms with Crippen LogP contribution in [0.5, 0.6) is 0 Å². The van der Waals surface area contributed by atoms with Gasteiger partial charge in [-0.05, 0) is 41.8 Å². The molecule has 1 aliphatic rings. The van der Waals surface area contributed by atoms with Crippen molar-refractivity contribution in [1.82, 2.24) is 14.8 Å². The minimum absolute atomic E-state index is 0.183. The summed E-state index contributed by atoms with van der Waals surface area (Å²) < 4.78 is 0. The summed E-state index contributed by atoms with van der Waals surface area (Å²) in [5, 5.41) is 0.680. The fourth-order valence-electron chi connectivity index (χ4n) is 3.06. The summed E-state index contributed by atoms with van der Waals surface area (Å²) in [6, 6.07) is 11.6. The Hall–Kier alpha value is -1.91. The number of hydrogen-bond acceptors (Lipinski definition) is 3. The second kappa shape index (κ2) is 8.27. The molecule has 4 nitrogen and oxygen atoms in total. The van der Waals surface area contributed by atoms with E-state index in [0.29, 0.717) is 11.4 Å². The van der Waals surface area contributed by atoms with Gasteiger partial charge < -0.3 is 4.90 Å². The van der Waals surface area contributed by atoms with Crippen molar-refractivity contribution in [2.75, 3.05) is 26.2 Å². The molecule has 0 atom stereocenters. The maximum absolute atomic E-state index is 12.6. The molecule has 3 rings (SSSR count). The van der Waals surface area contributed by atoms with Gasteiger partial charge in [0, 0.05) is 50.1 Å². The second-order valence-electron chi connectivity index (χ2n) is 6.17. The van der Waals surface area contributed by atoms with Gasteiger partial charge in [0.15, 0.2) is 0 Å². The fourth-order valence-corrected chi connectivity index (χ4v) is 3.27.